The lowest BCUT2D eigenvalue weighted by Crippen LogP contribution is -2.15. The maximum Gasteiger partial charge on any atom is 0.344 e. The SMILES string of the molecule is O=C(COc1c(Cl)cc([N+](=O)[O-])cc1Cl)OCc1ccc(Cl)cc1. The molecule has 6 nitrogen and oxygen atoms in total. The van der Waals surface area contributed by atoms with Gasteiger partial charge in [-0.1, -0.05) is 46.9 Å². The second-order valence-corrected chi connectivity index (χ2v) is 5.82. The Kier molecular flexibility index (Phi) is 6.25. The van der Waals surface area contributed by atoms with E-state index < -0.39 is 17.5 Å². The monoisotopic (exact) mass is 389 g/mol. The van der Waals surface area contributed by atoms with E-state index in [0.717, 1.165) is 17.7 Å². The number of esters is 1. The van der Waals surface area contributed by atoms with Crippen LogP contribution in [0.3, 0.4) is 0 Å². The Bertz CT molecular complexity index is 741. The molecule has 0 aliphatic carbocycles. The van der Waals surface area contributed by atoms with Crippen molar-refractivity contribution < 1.29 is 19.2 Å². The lowest BCUT2D eigenvalue weighted by atomic mass is 10.2. The fourth-order valence-electron chi connectivity index (χ4n) is 1.71. The summed E-state index contributed by atoms with van der Waals surface area (Å²) in [4.78, 5) is 21.7. The molecule has 0 unspecified atom stereocenters. The molecule has 24 heavy (non-hydrogen) atoms. The van der Waals surface area contributed by atoms with Crippen LogP contribution < -0.4 is 4.74 Å². The van der Waals surface area contributed by atoms with E-state index in [1.165, 1.54) is 0 Å². The third-order valence-corrected chi connectivity index (χ3v) is 3.65. The lowest BCUT2D eigenvalue weighted by molar-refractivity contribution is -0.384. The fraction of sp³-hybridized carbons (Fsp3) is 0.133. The molecule has 0 aliphatic rings. The Labute approximate surface area is 152 Å². The highest BCUT2D eigenvalue weighted by molar-refractivity contribution is 6.37. The van der Waals surface area contributed by atoms with E-state index in [0.29, 0.717) is 5.02 Å². The highest BCUT2D eigenvalue weighted by Crippen LogP contribution is 2.36. The third-order valence-electron chi connectivity index (χ3n) is 2.84. The Hall–Kier alpha value is -2.02. The molecular weight excluding hydrogens is 381 g/mol. The van der Waals surface area contributed by atoms with Gasteiger partial charge in [0.1, 0.15) is 6.61 Å². The lowest BCUT2D eigenvalue weighted by Gasteiger charge is -2.10. The number of rotatable bonds is 6. The highest BCUT2D eigenvalue weighted by Gasteiger charge is 2.17. The number of hydrogen-bond acceptors (Lipinski definition) is 5. The van der Waals surface area contributed by atoms with Crippen molar-refractivity contribution in [3.63, 3.8) is 0 Å². The van der Waals surface area contributed by atoms with Gasteiger partial charge in [-0.15, -0.1) is 0 Å². The molecule has 2 aromatic rings. The number of nitrogens with zero attached hydrogens (tertiary/aromatic N) is 1. The minimum absolute atomic E-state index is 0.0209. The number of hydrogen-bond donors (Lipinski definition) is 0. The third kappa shape index (κ3) is 4.99. The predicted octanol–water partition coefficient (Wildman–Crippen LogP) is 4.68. The molecule has 0 fully saturated rings. The minimum atomic E-state index is -0.643. The molecule has 0 bridgehead atoms. The van der Waals surface area contributed by atoms with Gasteiger partial charge in [0.15, 0.2) is 12.4 Å². The van der Waals surface area contributed by atoms with Crippen LogP contribution in [0, 0.1) is 10.1 Å². The minimum Gasteiger partial charge on any atom is -0.479 e. The van der Waals surface area contributed by atoms with E-state index in [2.05, 4.69) is 0 Å². The quantitative estimate of drug-likeness (QED) is 0.406. The van der Waals surface area contributed by atoms with Crippen molar-refractivity contribution in [2.75, 3.05) is 6.61 Å². The number of nitro groups is 1. The van der Waals surface area contributed by atoms with Crippen molar-refractivity contribution in [1.82, 2.24) is 0 Å². The van der Waals surface area contributed by atoms with Gasteiger partial charge < -0.3 is 9.47 Å². The van der Waals surface area contributed by atoms with E-state index in [1.54, 1.807) is 24.3 Å². The predicted molar refractivity (Wildman–Crippen MR) is 89.9 cm³/mol. The zero-order valence-corrected chi connectivity index (χ0v) is 14.3. The number of halogens is 3. The standard InChI is InChI=1S/C15H10Cl3NO5/c16-10-3-1-9(2-4-10)7-23-14(20)8-24-15-12(17)5-11(19(21)22)6-13(15)18/h1-6H,7-8H2. The molecule has 0 amide bonds. The first-order chi connectivity index (χ1) is 11.4. The van der Waals surface area contributed by atoms with Gasteiger partial charge in [-0.05, 0) is 17.7 Å². The number of nitro benzene ring substituents is 1. The molecule has 2 rings (SSSR count). The van der Waals surface area contributed by atoms with E-state index in [1.807, 2.05) is 0 Å². The zero-order valence-electron chi connectivity index (χ0n) is 12.0. The molecule has 0 saturated heterocycles. The van der Waals surface area contributed by atoms with Crippen LogP contribution >= 0.6 is 34.8 Å². The summed E-state index contributed by atoms with van der Waals surface area (Å²) in [7, 11) is 0. The summed E-state index contributed by atoms with van der Waals surface area (Å²) in [6.07, 6.45) is 0. The van der Waals surface area contributed by atoms with E-state index >= 15 is 0 Å². The second kappa shape index (κ2) is 8.19. The van der Waals surface area contributed by atoms with Crippen LogP contribution in [0.5, 0.6) is 5.75 Å². The van der Waals surface area contributed by atoms with E-state index in [4.69, 9.17) is 44.3 Å². The molecule has 9 heteroatoms. The molecular formula is C15H10Cl3NO5. The zero-order chi connectivity index (χ0) is 17.7. The maximum atomic E-state index is 11.7. The van der Waals surface area contributed by atoms with Gasteiger partial charge in [0.05, 0.1) is 15.0 Å². The smallest absolute Gasteiger partial charge is 0.344 e. The van der Waals surface area contributed by atoms with Gasteiger partial charge in [0.25, 0.3) is 5.69 Å². The van der Waals surface area contributed by atoms with Gasteiger partial charge >= 0.3 is 5.97 Å². The molecule has 0 saturated carbocycles. The van der Waals surface area contributed by atoms with Gasteiger partial charge in [-0.25, -0.2) is 4.79 Å². The molecule has 0 aromatic heterocycles. The molecule has 0 atom stereocenters. The number of carbonyl (C=O) groups excluding carboxylic acids is 1. The van der Waals surface area contributed by atoms with Crippen LogP contribution in [-0.2, 0) is 16.1 Å². The first-order valence-electron chi connectivity index (χ1n) is 6.53. The number of benzene rings is 2. The highest BCUT2D eigenvalue weighted by atomic mass is 35.5. The number of ether oxygens (including phenoxy) is 2. The number of non-ortho nitro benzene ring substituents is 1. The Morgan fingerprint density at radius 3 is 2.21 bits per heavy atom. The topological polar surface area (TPSA) is 78.7 Å². The first-order valence-corrected chi connectivity index (χ1v) is 7.66. The Morgan fingerprint density at radius 2 is 1.67 bits per heavy atom. The van der Waals surface area contributed by atoms with Crippen molar-refractivity contribution in [3.05, 3.63) is 67.1 Å². The largest absolute Gasteiger partial charge is 0.479 e. The molecule has 126 valence electrons. The molecule has 0 aliphatic heterocycles. The summed E-state index contributed by atoms with van der Waals surface area (Å²) in [5.41, 5.74) is 0.488. The van der Waals surface area contributed by atoms with Gasteiger partial charge in [-0.3, -0.25) is 10.1 Å². The summed E-state index contributed by atoms with van der Waals surface area (Å²) >= 11 is 17.5. The average Bonchev–Trinajstić information content (AvgIpc) is 2.53. The van der Waals surface area contributed by atoms with E-state index in [-0.39, 0.29) is 28.1 Å². The molecule has 0 N–H and O–H groups in total. The Morgan fingerprint density at radius 1 is 1.08 bits per heavy atom. The van der Waals surface area contributed by atoms with Gasteiger partial charge in [-0.2, -0.15) is 0 Å². The summed E-state index contributed by atoms with van der Waals surface area (Å²) in [5, 5.41) is 11.1. The van der Waals surface area contributed by atoms with Crippen molar-refractivity contribution in [2.45, 2.75) is 6.61 Å². The molecule has 2 aromatic carbocycles. The van der Waals surface area contributed by atoms with Crippen molar-refractivity contribution in [2.24, 2.45) is 0 Å². The van der Waals surface area contributed by atoms with Crippen LogP contribution in [0.4, 0.5) is 5.69 Å². The van der Waals surface area contributed by atoms with Crippen LogP contribution in [0.1, 0.15) is 5.56 Å². The molecule has 0 radical (unpaired) electrons. The summed E-state index contributed by atoms with van der Waals surface area (Å²) in [6.45, 7) is -0.383. The van der Waals surface area contributed by atoms with Crippen LogP contribution in [-0.4, -0.2) is 17.5 Å². The average molecular weight is 391 g/mol. The van der Waals surface area contributed by atoms with Crippen molar-refractivity contribution in [1.29, 1.82) is 0 Å². The fourth-order valence-corrected chi connectivity index (χ4v) is 2.42. The van der Waals surface area contributed by atoms with Crippen molar-refractivity contribution >= 4 is 46.5 Å². The van der Waals surface area contributed by atoms with E-state index in [9.17, 15) is 14.9 Å². The van der Waals surface area contributed by atoms with Gasteiger partial charge in [0, 0.05) is 17.2 Å². The van der Waals surface area contributed by atoms with Crippen molar-refractivity contribution in [3.8, 4) is 5.75 Å². The molecule has 0 heterocycles. The summed E-state index contributed by atoms with van der Waals surface area (Å²) in [6, 6.07) is 8.97. The maximum absolute atomic E-state index is 11.7. The summed E-state index contributed by atoms with van der Waals surface area (Å²) < 4.78 is 10.2. The van der Waals surface area contributed by atoms with Crippen LogP contribution in [0.25, 0.3) is 0 Å². The van der Waals surface area contributed by atoms with Gasteiger partial charge in [0.2, 0.25) is 0 Å². The second-order valence-electron chi connectivity index (χ2n) is 4.57. The first kappa shape index (κ1) is 18.3. The van der Waals surface area contributed by atoms with Crippen LogP contribution in [0.2, 0.25) is 15.1 Å². The Balaban J connectivity index is 1.92. The van der Waals surface area contributed by atoms with Crippen LogP contribution in [0.15, 0.2) is 36.4 Å². The summed E-state index contributed by atoms with van der Waals surface area (Å²) in [5.74, 6) is -0.664. The molecule has 0 spiro atoms. The number of carbonyl (C=O) groups is 1. The normalized spacial score (nSPS) is 10.3.